The third-order valence-corrected chi connectivity index (χ3v) is 3.84. The lowest BCUT2D eigenvalue weighted by Gasteiger charge is -2.12. The largest absolute Gasteiger partial charge is 0.507 e. The highest BCUT2D eigenvalue weighted by atomic mass is 79.9. The first-order valence-electron chi connectivity index (χ1n) is 6.40. The number of benzene rings is 1. The minimum absolute atomic E-state index is 0.206. The zero-order chi connectivity index (χ0) is 14.3. The Bertz CT molecular complexity index is 780. The molecule has 0 spiro atoms. The van der Waals surface area contributed by atoms with Gasteiger partial charge in [-0.15, -0.1) is 0 Å². The summed E-state index contributed by atoms with van der Waals surface area (Å²) in [6.07, 6.45) is 1.77. The molecule has 0 bridgehead atoms. The molecule has 4 nitrogen and oxygen atoms in total. The molecular weight excluding hydrogens is 318 g/mol. The van der Waals surface area contributed by atoms with E-state index in [9.17, 15) is 5.11 Å². The standard InChI is InChI=1S/C15H14BrN3O/c1-9(2)19-14(10-5-6-11(16)13(20)8-10)18-12-4-3-7-17-15(12)19/h3-9,20H,1-2H3. The summed E-state index contributed by atoms with van der Waals surface area (Å²) in [7, 11) is 0. The second-order valence-electron chi connectivity index (χ2n) is 4.91. The summed E-state index contributed by atoms with van der Waals surface area (Å²) >= 11 is 3.29. The van der Waals surface area contributed by atoms with Crippen LogP contribution in [-0.4, -0.2) is 19.6 Å². The van der Waals surface area contributed by atoms with Crippen LogP contribution in [0.5, 0.6) is 5.75 Å². The van der Waals surface area contributed by atoms with Gasteiger partial charge in [-0.05, 0) is 60.1 Å². The highest BCUT2D eigenvalue weighted by molar-refractivity contribution is 9.10. The number of hydrogen-bond acceptors (Lipinski definition) is 3. The molecule has 0 radical (unpaired) electrons. The van der Waals surface area contributed by atoms with Gasteiger partial charge in [0.2, 0.25) is 0 Å². The lowest BCUT2D eigenvalue weighted by molar-refractivity contribution is 0.472. The van der Waals surface area contributed by atoms with Crippen LogP contribution < -0.4 is 0 Å². The second kappa shape index (κ2) is 4.90. The molecule has 1 N–H and O–H groups in total. The molecule has 0 atom stereocenters. The summed E-state index contributed by atoms with van der Waals surface area (Å²) in [5.74, 6) is 1.02. The Morgan fingerprint density at radius 1 is 1.25 bits per heavy atom. The number of halogens is 1. The summed E-state index contributed by atoms with van der Waals surface area (Å²) in [5.41, 5.74) is 2.59. The van der Waals surface area contributed by atoms with Crippen LogP contribution in [0.3, 0.4) is 0 Å². The van der Waals surface area contributed by atoms with Crippen molar-refractivity contribution in [2.45, 2.75) is 19.9 Å². The highest BCUT2D eigenvalue weighted by Gasteiger charge is 2.16. The van der Waals surface area contributed by atoms with Gasteiger partial charge in [-0.1, -0.05) is 0 Å². The number of nitrogens with zero attached hydrogens (tertiary/aromatic N) is 3. The van der Waals surface area contributed by atoms with Crippen molar-refractivity contribution >= 4 is 27.1 Å². The number of pyridine rings is 1. The van der Waals surface area contributed by atoms with Crippen molar-refractivity contribution in [2.75, 3.05) is 0 Å². The quantitative estimate of drug-likeness (QED) is 0.767. The third kappa shape index (κ3) is 2.08. The van der Waals surface area contributed by atoms with Gasteiger partial charge in [0, 0.05) is 17.8 Å². The molecule has 0 unspecified atom stereocenters. The molecule has 2 heterocycles. The molecule has 0 aliphatic rings. The highest BCUT2D eigenvalue weighted by Crippen LogP contribution is 2.32. The van der Waals surface area contributed by atoms with E-state index in [-0.39, 0.29) is 11.8 Å². The van der Waals surface area contributed by atoms with Gasteiger partial charge in [0.25, 0.3) is 0 Å². The summed E-state index contributed by atoms with van der Waals surface area (Å²) in [6.45, 7) is 4.19. The van der Waals surface area contributed by atoms with Crippen LogP contribution >= 0.6 is 15.9 Å². The van der Waals surface area contributed by atoms with E-state index in [1.54, 1.807) is 12.3 Å². The Balaban J connectivity index is 2.29. The molecule has 0 aliphatic heterocycles. The average Bonchev–Trinajstić information content (AvgIpc) is 2.81. The number of aromatic hydroxyl groups is 1. The van der Waals surface area contributed by atoms with Crippen molar-refractivity contribution in [2.24, 2.45) is 0 Å². The fourth-order valence-corrected chi connectivity index (χ4v) is 2.52. The van der Waals surface area contributed by atoms with Gasteiger partial charge in [-0.25, -0.2) is 9.97 Å². The molecule has 3 rings (SSSR count). The van der Waals surface area contributed by atoms with Crippen molar-refractivity contribution < 1.29 is 5.11 Å². The third-order valence-electron chi connectivity index (χ3n) is 3.17. The molecule has 0 amide bonds. The van der Waals surface area contributed by atoms with E-state index in [1.807, 2.05) is 24.3 Å². The average molecular weight is 332 g/mol. The molecule has 0 aliphatic carbocycles. The van der Waals surface area contributed by atoms with E-state index < -0.39 is 0 Å². The smallest absolute Gasteiger partial charge is 0.160 e. The van der Waals surface area contributed by atoms with E-state index in [0.29, 0.717) is 4.47 Å². The first-order chi connectivity index (χ1) is 9.58. The van der Waals surface area contributed by atoms with E-state index in [4.69, 9.17) is 0 Å². The summed E-state index contributed by atoms with van der Waals surface area (Å²) in [4.78, 5) is 9.07. The van der Waals surface area contributed by atoms with E-state index in [0.717, 1.165) is 22.6 Å². The maximum absolute atomic E-state index is 9.87. The van der Waals surface area contributed by atoms with Crippen LogP contribution in [0.4, 0.5) is 0 Å². The lowest BCUT2D eigenvalue weighted by atomic mass is 10.2. The zero-order valence-electron chi connectivity index (χ0n) is 11.2. The lowest BCUT2D eigenvalue weighted by Crippen LogP contribution is -2.04. The molecular formula is C15H14BrN3O. The molecule has 0 saturated heterocycles. The zero-order valence-corrected chi connectivity index (χ0v) is 12.8. The predicted octanol–water partition coefficient (Wildman–Crippen LogP) is 4.15. The van der Waals surface area contributed by atoms with E-state index in [1.165, 1.54) is 0 Å². The SMILES string of the molecule is CC(C)n1c(-c2ccc(Br)c(O)c2)nc2cccnc21. The van der Waals surface area contributed by atoms with Gasteiger partial charge in [0.1, 0.15) is 17.1 Å². The maximum Gasteiger partial charge on any atom is 0.160 e. The summed E-state index contributed by atoms with van der Waals surface area (Å²) in [6, 6.07) is 9.53. The molecule has 3 aromatic rings. The van der Waals surface area contributed by atoms with Crippen molar-refractivity contribution in [1.29, 1.82) is 0 Å². The molecule has 5 heteroatoms. The Morgan fingerprint density at radius 2 is 2.05 bits per heavy atom. The first kappa shape index (κ1) is 13.1. The number of phenols is 1. The molecule has 1 aromatic carbocycles. The molecule has 102 valence electrons. The fourth-order valence-electron chi connectivity index (χ4n) is 2.27. The van der Waals surface area contributed by atoms with Gasteiger partial charge < -0.3 is 9.67 Å². The minimum atomic E-state index is 0.206. The van der Waals surface area contributed by atoms with Crippen LogP contribution in [0.15, 0.2) is 41.0 Å². The van der Waals surface area contributed by atoms with Gasteiger partial charge in [-0.2, -0.15) is 0 Å². The summed E-state index contributed by atoms with van der Waals surface area (Å²) in [5, 5.41) is 9.87. The van der Waals surface area contributed by atoms with Crippen LogP contribution in [0.25, 0.3) is 22.6 Å². The van der Waals surface area contributed by atoms with Crippen LogP contribution in [0.1, 0.15) is 19.9 Å². The Hall–Kier alpha value is -1.88. The second-order valence-corrected chi connectivity index (χ2v) is 5.77. The maximum atomic E-state index is 9.87. The summed E-state index contributed by atoms with van der Waals surface area (Å²) < 4.78 is 2.75. The minimum Gasteiger partial charge on any atom is -0.507 e. The Labute approximate surface area is 125 Å². The number of imidazole rings is 1. The molecule has 20 heavy (non-hydrogen) atoms. The number of aromatic nitrogens is 3. The number of phenolic OH excluding ortho intramolecular Hbond substituents is 1. The van der Waals surface area contributed by atoms with Gasteiger partial charge in [0.05, 0.1) is 4.47 Å². The van der Waals surface area contributed by atoms with Crippen LogP contribution in [0, 0.1) is 0 Å². The van der Waals surface area contributed by atoms with Gasteiger partial charge >= 0.3 is 0 Å². The van der Waals surface area contributed by atoms with Crippen LogP contribution in [-0.2, 0) is 0 Å². The van der Waals surface area contributed by atoms with Crippen LogP contribution in [0.2, 0.25) is 0 Å². The molecule has 0 saturated carbocycles. The molecule has 2 aromatic heterocycles. The van der Waals surface area contributed by atoms with Crippen molar-refractivity contribution in [1.82, 2.24) is 14.5 Å². The van der Waals surface area contributed by atoms with Gasteiger partial charge in [0.15, 0.2) is 5.65 Å². The van der Waals surface area contributed by atoms with Crippen molar-refractivity contribution in [3.05, 3.63) is 41.0 Å². The monoisotopic (exact) mass is 331 g/mol. The fraction of sp³-hybridized carbons (Fsp3) is 0.200. The predicted molar refractivity (Wildman–Crippen MR) is 82.7 cm³/mol. The normalized spacial score (nSPS) is 11.4. The molecule has 0 fully saturated rings. The number of fused-ring (bicyclic) bond motifs is 1. The van der Waals surface area contributed by atoms with E-state index >= 15 is 0 Å². The Kier molecular flexibility index (Phi) is 3.22. The number of hydrogen-bond donors (Lipinski definition) is 1. The van der Waals surface area contributed by atoms with Crippen molar-refractivity contribution in [3.8, 4) is 17.1 Å². The Morgan fingerprint density at radius 3 is 2.75 bits per heavy atom. The first-order valence-corrected chi connectivity index (χ1v) is 7.19. The van der Waals surface area contributed by atoms with Gasteiger partial charge in [-0.3, -0.25) is 0 Å². The topological polar surface area (TPSA) is 50.9 Å². The van der Waals surface area contributed by atoms with E-state index in [2.05, 4.69) is 44.3 Å². The van der Waals surface area contributed by atoms with Crippen molar-refractivity contribution in [3.63, 3.8) is 0 Å². The number of rotatable bonds is 2.